The van der Waals surface area contributed by atoms with E-state index in [4.69, 9.17) is 4.42 Å². The fraction of sp³-hybridized carbons (Fsp3) is 0.250. The molecule has 30 heavy (non-hydrogen) atoms. The number of rotatable bonds is 5. The number of nitrogens with zero attached hydrogens (tertiary/aromatic N) is 6. The predicted octanol–water partition coefficient (Wildman–Crippen LogP) is 2.45. The van der Waals surface area contributed by atoms with Crippen LogP contribution < -0.4 is 4.90 Å². The Hall–Kier alpha value is -3.40. The number of aromatic nitrogens is 5. The van der Waals surface area contributed by atoms with Crippen molar-refractivity contribution in [3.8, 4) is 11.5 Å². The van der Waals surface area contributed by atoms with Crippen molar-refractivity contribution < 1.29 is 9.21 Å². The van der Waals surface area contributed by atoms with E-state index in [2.05, 4.69) is 30.0 Å². The number of fused-ring (bicyclic) bond motifs is 1. The van der Waals surface area contributed by atoms with E-state index < -0.39 is 0 Å². The lowest BCUT2D eigenvalue weighted by molar-refractivity contribution is -0.128. The molecular weight excluding hydrogens is 402 g/mol. The van der Waals surface area contributed by atoms with Crippen molar-refractivity contribution in [2.24, 2.45) is 0 Å². The topological polar surface area (TPSA) is 104 Å². The Bertz CT molecular complexity index is 1150. The van der Waals surface area contributed by atoms with E-state index in [0.717, 1.165) is 16.5 Å². The van der Waals surface area contributed by atoms with Gasteiger partial charge in [0.25, 0.3) is 11.1 Å². The summed E-state index contributed by atoms with van der Waals surface area (Å²) in [5.74, 6) is 1.46. The number of aromatic amines is 1. The zero-order valence-electron chi connectivity index (χ0n) is 16.1. The number of carbonyl (C=O) groups excluding carboxylic acids is 1. The maximum Gasteiger partial charge on any atom is 0.277 e. The largest absolute Gasteiger partial charge is 0.411 e. The Morgan fingerprint density at radius 1 is 1.07 bits per heavy atom. The molecule has 3 aromatic heterocycles. The molecule has 4 aromatic rings. The quantitative estimate of drug-likeness (QED) is 0.490. The van der Waals surface area contributed by atoms with Crippen LogP contribution in [0.3, 0.4) is 0 Å². The van der Waals surface area contributed by atoms with Crippen LogP contribution in [0.2, 0.25) is 0 Å². The molecule has 1 aromatic carbocycles. The average molecular weight is 421 g/mol. The Balaban J connectivity index is 1.17. The van der Waals surface area contributed by atoms with Gasteiger partial charge in [0.15, 0.2) is 0 Å². The van der Waals surface area contributed by atoms with Crippen molar-refractivity contribution in [3.63, 3.8) is 0 Å². The number of para-hydroxylation sites is 1. The van der Waals surface area contributed by atoms with Crippen LogP contribution in [0.5, 0.6) is 0 Å². The number of thioether (sulfide) groups is 1. The molecule has 0 atom stereocenters. The van der Waals surface area contributed by atoms with Gasteiger partial charge in [-0.2, -0.15) is 0 Å². The third-order valence-corrected chi connectivity index (χ3v) is 5.82. The number of hydrogen-bond donors (Lipinski definition) is 1. The van der Waals surface area contributed by atoms with Crippen molar-refractivity contribution in [1.29, 1.82) is 0 Å². The molecular formula is C20H19N7O2S. The molecule has 1 amide bonds. The zero-order valence-corrected chi connectivity index (χ0v) is 16.9. The predicted molar refractivity (Wildman–Crippen MR) is 113 cm³/mol. The van der Waals surface area contributed by atoms with Crippen molar-refractivity contribution in [2.75, 3.05) is 36.8 Å². The molecule has 4 heterocycles. The molecule has 0 unspecified atom stereocenters. The van der Waals surface area contributed by atoms with Crippen LogP contribution in [0.4, 0.5) is 5.95 Å². The van der Waals surface area contributed by atoms with Gasteiger partial charge in [0.05, 0.1) is 11.3 Å². The fourth-order valence-electron chi connectivity index (χ4n) is 3.45. The van der Waals surface area contributed by atoms with E-state index in [0.29, 0.717) is 43.2 Å². The van der Waals surface area contributed by atoms with E-state index in [1.165, 1.54) is 11.8 Å². The maximum absolute atomic E-state index is 12.6. The third-order valence-electron chi connectivity index (χ3n) is 5.01. The molecule has 5 rings (SSSR count). The molecule has 0 aliphatic carbocycles. The smallest absolute Gasteiger partial charge is 0.277 e. The minimum Gasteiger partial charge on any atom is -0.411 e. The molecule has 10 heteroatoms. The number of nitrogens with one attached hydrogen (secondary N) is 1. The molecule has 1 fully saturated rings. The molecule has 1 aliphatic heterocycles. The van der Waals surface area contributed by atoms with Gasteiger partial charge in [-0.3, -0.25) is 4.79 Å². The molecule has 1 N–H and O–H groups in total. The number of hydrogen-bond acceptors (Lipinski definition) is 8. The number of anilines is 1. The number of benzene rings is 1. The number of H-pyrrole nitrogens is 1. The van der Waals surface area contributed by atoms with Crippen LogP contribution in [0.1, 0.15) is 0 Å². The van der Waals surface area contributed by atoms with Crippen LogP contribution in [0.15, 0.2) is 58.6 Å². The van der Waals surface area contributed by atoms with Crippen LogP contribution >= 0.6 is 11.8 Å². The monoisotopic (exact) mass is 421 g/mol. The normalized spacial score (nSPS) is 14.4. The molecule has 0 spiro atoms. The summed E-state index contributed by atoms with van der Waals surface area (Å²) in [6, 6.07) is 9.72. The first-order valence-corrected chi connectivity index (χ1v) is 10.6. The van der Waals surface area contributed by atoms with Crippen molar-refractivity contribution >= 4 is 34.5 Å². The zero-order chi connectivity index (χ0) is 20.3. The van der Waals surface area contributed by atoms with Gasteiger partial charge < -0.3 is 19.2 Å². The van der Waals surface area contributed by atoms with E-state index in [9.17, 15) is 4.79 Å². The summed E-state index contributed by atoms with van der Waals surface area (Å²) in [5, 5.41) is 9.64. The van der Waals surface area contributed by atoms with Gasteiger partial charge in [0.1, 0.15) is 0 Å². The second-order valence-electron chi connectivity index (χ2n) is 6.83. The summed E-state index contributed by atoms with van der Waals surface area (Å²) in [4.78, 5) is 28.3. The van der Waals surface area contributed by atoms with Gasteiger partial charge in [-0.15, -0.1) is 10.2 Å². The Morgan fingerprint density at radius 2 is 1.87 bits per heavy atom. The van der Waals surface area contributed by atoms with E-state index in [-0.39, 0.29) is 11.7 Å². The van der Waals surface area contributed by atoms with Gasteiger partial charge in [0.2, 0.25) is 11.9 Å². The first-order chi connectivity index (χ1) is 14.8. The second-order valence-corrected chi connectivity index (χ2v) is 7.75. The van der Waals surface area contributed by atoms with E-state index in [1.807, 2.05) is 35.4 Å². The highest BCUT2D eigenvalue weighted by atomic mass is 32.2. The Labute approximate surface area is 176 Å². The first kappa shape index (κ1) is 18.6. The fourth-order valence-corrected chi connectivity index (χ4v) is 4.12. The molecule has 152 valence electrons. The highest BCUT2D eigenvalue weighted by molar-refractivity contribution is 7.99. The minimum absolute atomic E-state index is 0.0560. The summed E-state index contributed by atoms with van der Waals surface area (Å²) in [6.45, 7) is 2.71. The summed E-state index contributed by atoms with van der Waals surface area (Å²) >= 11 is 1.26. The summed E-state index contributed by atoms with van der Waals surface area (Å²) in [5.41, 5.74) is 1.87. The van der Waals surface area contributed by atoms with Crippen molar-refractivity contribution in [3.05, 3.63) is 48.9 Å². The number of amides is 1. The Kier molecular flexibility index (Phi) is 5.06. The highest BCUT2D eigenvalue weighted by Gasteiger charge is 2.23. The standard InChI is InChI=1S/C20H19N7O2S/c28-17(26-8-10-27(11-9-26)19-21-6-3-7-22-19)13-30-20-25-24-18(29-20)15-12-23-16-5-2-1-4-14(15)16/h1-7,12,23H,8-11,13H2. The molecule has 0 saturated carbocycles. The lowest BCUT2D eigenvalue weighted by Crippen LogP contribution is -2.49. The minimum atomic E-state index is 0.0560. The second kappa shape index (κ2) is 8.15. The van der Waals surface area contributed by atoms with Crippen LogP contribution in [-0.2, 0) is 4.79 Å². The van der Waals surface area contributed by atoms with Gasteiger partial charge >= 0.3 is 0 Å². The SMILES string of the molecule is O=C(CSc1nnc(-c2c[nH]c3ccccc23)o1)N1CCN(c2ncccn2)CC1. The van der Waals surface area contributed by atoms with Gasteiger partial charge in [-0.1, -0.05) is 30.0 Å². The average Bonchev–Trinajstić information content (AvgIpc) is 3.45. The molecule has 1 aliphatic rings. The van der Waals surface area contributed by atoms with E-state index in [1.54, 1.807) is 18.5 Å². The maximum atomic E-state index is 12.6. The number of carbonyl (C=O) groups is 1. The molecule has 0 bridgehead atoms. The number of piperazine rings is 1. The van der Waals surface area contributed by atoms with Crippen LogP contribution in [-0.4, -0.2) is 67.9 Å². The molecule has 0 radical (unpaired) electrons. The van der Waals surface area contributed by atoms with Crippen LogP contribution in [0.25, 0.3) is 22.4 Å². The summed E-state index contributed by atoms with van der Waals surface area (Å²) in [6.07, 6.45) is 5.31. The third kappa shape index (κ3) is 3.73. The highest BCUT2D eigenvalue weighted by Crippen LogP contribution is 2.29. The van der Waals surface area contributed by atoms with Gasteiger partial charge in [-0.25, -0.2) is 9.97 Å². The lowest BCUT2D eigenvalue weighted by Gasteiger charge is -2.34. The summed E-state index contributed by atoms with van der Waals surface area (Å²) in [7, 11) is 0. The molecule has 9 nitrogen and oxygen atoms in total. The van der Waals surface area contributed by atoms with Gasteiger partial charge in [-0.05, 0) is 12.1 Å². The van der Waals surface area contributed by atoms with Gasteiger partial charge in [0, 0.05) is 55.7 Å². The first-order valence-electron chi connectivity index (χ1n) is 9.60. The Morgan fingerprint density at radius 3 is 2.70 bits per heavy atom. The van der Waals surface area contributed by atoms with Crippen molar-refractivity contribution in [2.45, 2.75) is 5.22 Å². The van der Waals surface area contributed by atoms with E-state index >= 15 is 0 Å². The molecule has 1 saturated heterocycles. The van der Waals surface area contributed by atoms with Crippen LogP contribution in [0, 0.1) is 0 Å². The lowest BCUT2D eigenvalue weighted by atomic mass is 10.2. The summed E-state index contributed by atoms with van der Waals surface area (Å²) < 4.78 is 5.77. The van der Waals surface area contributed by atoms with Crippen molar-refractivity contribution in [1.82, 2.24) is 30.0 Å².